The molecule has 1 heterocycles. The smallest absolute Gasteiger partial charge is 0.0751 e. The van der Waals surface area contributed by atoms with E-state index in [0.29, 0.717) is 16.1 Å². The van der Waals surface area contributed by atoms with Crippen LogP contribution in [0.3, 0.4) is 0 Å². The lowest BCUT2D eigenvalue weighted by atomic mass is 10.2. The van der Waals surface area contributed by atoms with Gasteiger partial charge in [0.25, 0.3) is 0 Å². The van der Waals surface area contributed by atoms with Crippen LogP contribution < -0.4 is 5.32 Å². The molecule has 0 aromatic heterocycles. The lowest BCUT2D eigenvalue weighted by Gasteiger charge is -2.14. The molecule has 0 bridgehead atoms. The summed E-state index contributed by atoms with van der Waals surface area (Å²) < 4.78 is 5.71. The number of anilines is 1. The third-order valence-corrected chi connectivity index (χ3v) is 3.33. The average Bonchev–Trinajstić information content (AvgIpc) is 2.66. The number of hydrogen-bond acceptors (Lipinski definition) is 2. The Morgan fingerprint density at radius 3 is 2.88 bits per heavy atom. The van der Waals surface area contributed by atoms with Gasteiger partial charge in [0.1, 0.15) is 0 Å². The molecule has 1 saturated heterocycles. The Bertz CT molecular complexity index is 370. The highest BCUT2D eigenvalue weighted by Gasteiger charge is 2.21. The van der Waals surface area contributed by atoms with Crippen LogP contribution in [0.1, 0.15) is 19.8 Å². The molecule has 1 aliphatic heterocycles. The highest BCUT2D eigenvalue weighted by atomic mass is 35.5. The van der Waals surface area contributed by atoms with E-state index in [9.17, 15) is 0 Å². The molecular weight excluding hydrogens is 245 g/mol. The summed E-state index contributed by atoms with van der Waals surface area (Å²) in [5.74, 6) is 0. The van der Waals surface area contributed by atoms with Gasteiger partial charge in [0.05, 0.1) is 22.9 Å². The molecule has 0 radical (unpaired) electrons. The molecule has 2 atom stereocenters. The van der Waals surface area contributed by atoms with Crippen LogP contribution in [-0.2, 0) is 4.74 Å². The van der Waals surface area contributed by atoms with Crippen molar-refractivity contribution < 1.29 is 4.74 Å². The van der Waals surface area contributed by atoms with Gasteiger partial charge in [-0.2, -0.15) is 0 Å². The quantitative estimate of drug-likeness (QED) is 0.887. The fourth-order valence-corrected chi connectivity index (χ4v) is 2.25. The Hall–Kier alpha value is -0.440. The Morgan fingerprint density at radius 2 is 2.19 bits per heavy atom. The molecule has 2 rings (SSSR count). The topological polar surface area (TPSA) is 21.3 Å². The van der Waals surface area contributed by atoms with Gasteiger partial charge in [0, 0.05) is 11.6 Å². The largest absolute Gasteiger partial charge is 0.381 e. The van der Waals surface area contributed by atoms with Crippen LogP contribution >= 0.6 is 23.2 Å². The van der Waals surface area contributed by atoms with Crippen molar-refractivity contribution in [2.45, 2.75) is 32.0 Å². The first-order valence-electron chi connectivity index (χ1n) is 5.49. The Kier molecular flexibility index (Phi) is 3.95. The van der Waals surface area contributed by atoms with E-state index >= 15 is 0 Å². The predicted molar refractivity (Wildman–Crippen MR) is 68.5 cm³/mol. The summed E-state index contributed by atoms with van der Waals surface area (Å²) in [5, 5.41) is 4.65. The minimum atomic E-state index is 0.282. The second-order valence-corrected chi connectivity index (χ2v) is 4.99. The summed E-state index contributed by atoms with van der Waals surface area (Å²) in [6, 6.07) is 5.41. The molecule has 2 nitrogen and oxygen atoms in total. The highest BCUT2D eigenvalue weighted by molar-refractivity contribution is 6.35. The summed E-state index contributed by atoms with van der Waals surface area (Å²) in [6.07, 6.45) is 2.90. The standard InChI is InChI=1S/C12H15Cl2NO/c1-8-2-4-10(16-8)7-15-12-6-9(13)3-5-11(12)14/h3,5-6,8,10,15H,2,4,7H2,1H3. The minimum absolute atomic E-state index is 0.282. The zero-order valence-corrected chi connectivity index (χ0v) is 10.7. The first kappa shape index (κ1) is 12.0. The summed E-state index contributed by atoms with van der Waals surface area (Å²) >= 11 is 12.0. The van der Waals surface area contributed by atoms with E-state index in [4.69, 9.17) is 27.9 Å². The first-order valence-corrected chi connectivity index (χ1v) is 6.25. The van der Waals surface area contributed by atoms with Gasteiger partial charge in [0.2, 0.25) is 0 Å². The Labute approximate surface area is 106 Å². The van der Waals surface area contributed by atoms with E-state index in [1.54, 1.807) is 12.1 Å². The van der Waals surface area contributed by atoms with E-state index in [1.165, 1.54) is 0 Å². The van der Waals surface area contributed by atoms with Gasteiger partial charge in [-0.05, 0) is 38.0 Å². The van der Waals surface area contributed by atoms with Crippen LogP contribution in [0.2, 0.25) is 10.0 Å². The summed E-state index contributed by atoms with van der Waals surface area (Å²) in [7, 11) is 0. The fraction of sp³-hybridized carbons (Fsp3) is 0.500. The second-order valence-electron chi connectivity index (χ2n) is 4.15. The zero-order chi connectivity index (χ0) is 11.5. The number of ether oxygens (including phenoxy) is 1. The van der Waals surface area contributed by atoms with E-state index in [2.05, 4.69) is 12.2 Å². The molecule has 1 N–H and O–H groups in total. The van der Waals surface area contributed by atoms with Gasteiger partial charge < -0.3 is 10.1 Å². The van der Waals surface area contributed by atoms with Gasteiger partial charge in [0.15, 0.2) is 0 Å². The van der Waals surface area contributed by atoms with E-state index in [-0.39, 0.29) is 6.10 Å². The molecule has 0 aliphatic carbocycles. The maximum Gasteiger partial charge on any atom is 0.0751 e. The third kappa shape index (κ3) is 3.03. The lowest BCUT2D eigenvalue weighted by Crippen LogP contribution is -2.19. The first-order chi connectivity index (χ1) is 7.65. The van der Waals surface area contributed by atoms with Crippen molar-refractivity contribution in [3.63, 3.8) is 0 Å². The van der Waals surface area contributed by atoms with Crippen molar-refractivity contribution in [3.05, 3.63) is 28.2 Å². The molecule has 1 aliphatic rings. The molecule has 2 unspecified atom stereocenters. The van der Waals surface area contributed by atoms with Crippen LogP contribution in [0.4, 0.5) is 5.69 Å². The Balaban J connectivity index is 1.91. The van der Waals surface area contributed by atoms with Crippen molar-refractivity contribution in [1.82, 2.24) is 0 Å². The SMILES string of the molecule is CC1CCC(CNc2cc(Cl)ccc2Cl)O1. The van der Waals surface area contributed by atoms with E-state index in [0.717, 1.165) is 25.1 Å². The number of benzene rings is 1. The molecule has 1 fully saturated rings. The van der Waals surface area contributed by atoms with Crippen LogP contribution in [0.25, 0.3) is 0 Å². The molecular formula is C12H15Cl2NO. The Morgan fingerprint density at radius 1 is 1.38 bits per heavy atom. The number of rotatable bonds is 3. The number of hydrogen-bond donors (Lipinski definition) is 1. The van der Waals surface area contributed by atoms with Gasteiger partial charge in [-0.25, -0.2) is 0 Å². The van der Waals surface area contributed by atoms with Crippen LogP contribution in [0.5, 0.6) is 0 Å². The van der Waals surface area contributed by atoms with Crippen molar-refractivity contribution >= 4 is 28.9 Å². The second kappa shape index (κ2) is 5.26. The predicted octanol–water partition coefficient (Wildman–Crippen LogP) is 3.97. The van der Waals surface area contributed by atoms with Gasteiger partial charge in [-0.15, -0.1) is 0 Å². The summed E-state index contributed by atoms with van der Waals surface area (Å²) in [5.41, 5.74) is 0.873. The van der Waals surface area contributed by atoms with Crippen LogP contribution in [0, 0.1) is 0 Å². The van der Waals surface area contributed by atoms with Gasteiger partial charge in [-0.3, -0.25) is 0 Å². The third-order valence-electron chi connectivity index (χ3n) is 2.77. The summed E-state index contributed by atoms with van der Waals surface area (Å²) in [4.78, 5) is 0. The normalized spacial score (nSPS) is 24.7. The zero-order valence-electron chi connectivity index (χ0n) is 9.17. The van der Waals surface area contributed by atoms with Gasteiger partial charge >= 0.3 is 0 Å². The lowest BCUT2D eigenvalue weighted by molar-refractivity contribution is 0.0637. The van der Waals surface area contributed by atoms with Crippen molar-refractivity contribution in [3.8, 4) is 0 Å². The number of nitrogens with one attached hydrogen (secondary N) is 1. The molecule has 0 amide bonds. The average molecular weight is 260 g/mol. The van der Waals surface area contributed by atoms with Crippen LogP contribution in [-0.4, -0.2) is 18.8 Å². The van der Waals surface area contributed by atoms with Crippen molar-refractivity contribution in [2.75, 3.05) is 11.9 Å². The van der Waals surface area contributed by atoms with Crippen molar-refractivity contribution in [2.24, 2.45) is 0 Å². The summed E-state index contributed by atoms with van der Waals surface area (Å²) in [6.45, 7) is 2.89. The minimum Gasteiger partial charge on any atom is -0.381 e. The molecule has 4 heteroatoms. The maximum atomic E-state index is 6.05. The molecule has 16 heavy (non-hydrogen) atoms. The molecule has 1 aromatic carbocycles. The molecule has 0 spiro atoms. The molecule has 88 valence electrons. The van der Waals surface area contributed by atoms with Gasteiger partial charge in [-0.1, -0.05) is 23.2 Å². The van der Waals surface area contributed by atoms with E-state index in [1.807, 2.05) is 6.07 Å². The van der Waals surface area contributed by atoms with E-state index < -0.39 is 0 Å². The highest BCUT2D eigenvalue weighted by Crippen LogP contribution is 2.26. The molecule has 1 aromatic rings. The maximum absolute atomic E-state index is 6.05. The molecule has 0 saturated carbocycles. The fourth-order valence-electron chi connectivity index (χ4n) is 1.89. The monoisotopic (exact) mass is 259 g/mol. The number of halogens is 2. The van der Waals surface area contributed by atoms with Crippen LogP contribution in [0.15, 0.2) is 18.2 Å². The van der Waals surface area contributed by atoms with Crippen molar-refractivity contribution in [1.29, 1.82) is 0 Å².